The number of carbonyl (C=O) groups is 3. The van der Waals surface area contributed by atoms with Crippen LogP contribution < -0.4 is 4.72 Å². The third-order valence-electron chi connectivity index (χ3n) is 7.65. The van der Waals surface area contributed by atoms with Crippen molar-refractivity contribution in [3.63, 3.8) is 0 Å². The van der Waals surface area contributed by atoms with Gasteiger partial charge in [0.05, 0.1) is 23.8 Å². The molecule has 0 radical (unpaired) electrons. The summed E-state index contributed by atoms with van der Waals surface area (Å²) in [5.41, 5.74) is -0.370. The van der Waals surface area contributed by atoms with Crippen LogP contribution in [0.1, 0.15) is 64.7 Å². The Bertz CT molecular complexity index is 862. The number of hydrogen-bond acceptors (Lipinski definition) is 6. The number of nitrogens with one attached hydrogen (secondary N) is 1. The van der Waals surface area contributed by atoms with Gasteiger partial charge in [-0.1, -0.05) is 0 Å². The number of urea groups is 1. The number of fused-ring (bicyclic) bond motifs is 1. The molecule has 174 valence electrons. The topological polar surface area (TPSA) is 124 Å². The van der Waals surface area contributed by atoms with Crippen molar-refractivity contribution in [2.45, 2.75) is 87.6 Å². The summed E-state index contributed by atoms with van der Waals surface area (Å²) in [6.07, 6.45) is 4.55. The normalized spacial score (nSPS) is 35.6. The van der Waals surface area contributed by atoms with Crippen LogP contribution in [-0.2, 0) is 19.6 Å². The molecule has 1 heterocycles. The van der Waals surface area contributed by atoms with E-state index in [1.807, 2.05) is 6.92 Å². The molecule has 3 atom stereocenters. The Morgan fingerprint density at radius 1 is 1.13 bits per heavy atom. The second-order valence-electron chi connectivity index (χ2n) is 10.1. The van der Waals surface area contributed by atoms with E-state index in [2.05, 4.69) is 4.72 Å². The number of Topliss-reactive ketones (excluding diaryl/α,β-unsaturated/α-hetero) is 1. The molecule has 4 aliphatic rings. The second kappa shape index (κ2) is 8.12. The first-order valence-electron chi connectivity index (χ1n) is 11.3. The maximum absolute atomic E-state index is 12.9. The maximum atomic E-state index is 12.9. The molecule has 0 aromatic carbocycles. The molecule has 3 aliphatic carbocycles. The number of imide groups is 1. The van der Waals surface area contributed by atoms with E-state index in [1.165, 1.54) is 11.9 Å². The molecular weight excluding hydrogens is 422 g/mol. The van der Waals surface area contributed by atoms with Crippen molar-refractivity contribution in [3.8, 4) is 0 Å². The molecule has 10 heteroatoms. The monoisotopic (exact) mass is 455 g/mol. The number of amides is 3. The summed E-state index contributed by atoms with van der Waals surface area (Å²) in [5.74, 6) is -1.21. The van der Waals surface area contributed by atoms with Gasteiger partial charge in [-0.25, -0.2) is 17.9 Å². The van der Waals surface area contributed by atoms with Gasteiger partial charge in [0.25, 0.3) is 0 Å². The predicted molar refractivity (Wildman–Crippen MR) is 112 cm³/mol. The van der Waals surface area contributed by atoms with E-state index < -0.39 is 33.3 Å². The predicted octanol–water partition coefficient (Wildman–Crippen LogP) is 1.01. The highest BCUT2D eigenvalue weighted by Gasteiger charge is 2.51. The summed E-state index contributed by atoms with van der Waals surface area (Å²) in [7, 11) is -2.16. The van der Waals surface area contributed by atoms with Crippen LogP contribution in [0.3, 0.4) is 0 Å². The number of aliphatic hydroxyl groups is 1. The Hall–Kier alpha value is -1.52. The Labute approximate surface area is 183 Å². The maximum Gasteiger partial charge on any atom is 0.327 e. The van der Waals surface area contributed by atoms with Gasteiger partial charge in [-0.05, 0) is 64.7 Å². The Morgan fingerprint density at radius 2 is 1.77 bits per heavy atom. The van der Waals surface area contributed by atoms with E-state index in [1.54, 1.807) is 0 Å². The molecule has 3 saturated carbocycles. The van der Waals surface area contributed by atoms with Gasteiger partial charge in [-0.3, -0.25) is 14.5 Å². The third-order valence-corrected chi connectivity index (χ3v) is 9.74. The van der Waals surface area contributed by atoms with E-state index in [9.17, 15) is 27.9 Å². The van der Waals surface area contributed by atoms with Gasteiger partial charge in [0.2, 0.25) is 15.9 Å². The highest BCUT2D eigenvalue weighted by atomic mass is 32.2. The first kappa shape index (κ1) is 22.7. The first-order valence-corrected chi connectivity index (χ1v) is 12.9. The lowest BCUT2D eigenvalue weighted by molar-refractivity contribution is -0.141. The van der Waals surface area contributed by atoms with E-state index in [0.717, 1.165) is 17.7 Å². The fourth-order valence-electron chi connectivity index (χ4n) is 5.31. The molecule has 0 aromatic heterocycles. The minimum Gasteiger partial charge on any atom is -0.393 e. The first-order chi connectivity index (χ1) is 14.5. The number of nitrogens with zero attached hydrogens (tertiary/aromatic N) is 2. The van der Waals surface area contributed by atoms with Crippen molar-refractivity contribution in [1.82, 2.24) is 14.5 Å². The summed E-state index contributed by atoms with van der Waals surface area (Å²) in [6.45, 7) is 1.82. The van der Waals surface area contributed by atoms with Crippen molar-refractivity contribution in [3.05, 3.63) is 0 Å². The smallest absolute Gasteiger partial charge is 0.327 e. The second-order valence-corrected chi connectivity index (χ2v) is 12.1. The van der Waals surface area contributed by atoms with Gasteiger partial charge in [0.1, 0.15) is 0 Å². The lowest BCUT2D eigenvalue weighted by Crippen LogP contribution is -2.64. The quantitative estimate of drug-likeness (QED) is 0.616. The van der Waals surface area contributed by atoms with Gasteiger partial charge in [0, 0.05) is 24.5 Å². The largest absolute Gasteiger partial charge is 0.393 e. The summed E-state index contributed by atoms with van der Waals surface area (Å²) in [5, 5.41) is 9.01. The average Bonchev–Trinajstić information content (AvgIpc) is 3.45. The molecule has 4 fully saturated rings. The Balaban J connectivity index is 1.47. The molecule has 3 amide bonds. The molecule has 0 spiro atoms. The zero-order valence-electron chi connectivity index (χ0n) is 18.2. The van der Waals surface area contributed by atoms with Crippen molar-refractivity contribution in [1.29, 1.82) is 0 Å². The Morgan fingerprint density at radius 3 is 2.39 bits per heavy atom. The number of carbonyl (C=O) groups excluding carboxylic acids is 3. The van der Waals surface area contributed by atoms with Crippen molar-refractivity contribution in [2.24, 2.45) is 11.8 Å². The minimum absolute atomic E-state index is 0.0418. The lowest BCUT2D eigenvalue weighted by atomic mass is 9.80. The molecular formula is C21H33N3O6S. The molecule has 3 unspecified atom stereocenters. The third kappa shape index (κ3) is 4.52. The van der Waals surface area contributed by atoms with Crippen LogP contribution in [-0.4, -0.2) is 77.6 Å². The summed E-state index contributed by atoms with van der Waals surface area (Å²) < 4.78 is 28.5. The fourth-order valence-corrected chi connectivity index (χ4v) is 7.27. The highest BCUT2D eigenvalue weighted by molar-refractivity contribution is 7.90. The highest BCUT2D eigenvalue weighted by Crippen LogP contribution is 2.40. The van der Waals surface area contributed by atoms with Crippen LogP contribution in [0.2, 0.25) is 0 Å². The Kier molecular flexibility index (Phi) is 5.93. The van der Waals surface area contributed by atoms with Gasteiger partial charge < -0.3 is 10.0 Å². The minimum atomic E-state index is -3.56. The average molecular weight is 456 g/mol. The van der Waals surface area contributed by atoms with Crippen LogP contribution >= 0.6 is 0 Å². The summed E-state index contributed by atoms with van der Waals surface area (Å²) in [4.78, 5) is 41.1. The van der Waals surface area contributed by atoms with Crippen molar-refractivity contribution in [2.75, 3.05) is 13.6 Å². The molecule has 0 bridgehead atoms. The number of sulfonamides is 1. The zero-order valence-corrected chi connectivity index (χ0v) is 19.1. The van der Waals surface area contributed by atoms with Crippen LogP contribution in [0.15, 0.2) is 0 Å². The zero-order chi connectivity index (χ0) is 22.6. The standard InChI is InChI=1S/C21H33N3O6S/c1-21(9-10-21)22-31(29,30)15-7-8-17-16(11-15)19(27)23(2)20(28)24(17)12-18(26)13-3-5-14(25)6-4-13/h13-17,22,25H,3-12H2,1-2H3. The van der Waals surface area contributed by atoms with Crippen molar-refractivity contribution < 1.29 is 27.9 Å². The van der Waals surface area contributed by atoms with Crippen LogP contribution in [0, 0.1) is 11.8 Å². The summed E-state index contributed by atoms with van der Waals surface area (Å²) in [6, 6.07) is -0.933. The van der Waals surface area contributed by atoms with Gasteiger partial charge in [-0.15, -0.1) is 0 Å². The van der Waals surface area contributed by atoms with Gasteiger partial charge in [-0.2, -0.15) is 0 Å². The molecule has 31 heavy (non-hydrogen) atoms. The van der Waals surface area contributed by atoms with E-state index in [0.29, 0.717) is 38.5 Å². The number of rotatable bonds is 6. The number of aliphatic hydroxyl groups excluding tert-OH is 1. The van der Waals surface area contributed by atoms with E-state index in [4.69, 9.17) is 0 Å². The van der Waals surface area contributed by atoms with Crippen LogP contribution in [0.4, 0.5) is 4.79 Å². The van der Waals surface area contributed by atoms with Crippen molar-refractivity contribution >= 4 is 27.7 Å². The lowest BCUT2D eigenvalue weighted by Gasteiger charge is -2.47. The molecule has 4 rings (SSSR count). The van der Waals surface area contributed by atoms with Gasteiger partial charge in [0.15, 0.2) is 5.78 Å². The summed E-state index contributed by atoms with van der Waals surface area (Å²) >= 11 is 0. The molecule has 1 aliphatic heterocycles. The van der Waals surface area contributed by atoms with Crippen LogP contribution in [0.5, 0.6) is 0 Å². The molecule has 9 nitrogen and oxygen atoms in total. The van der Waals surface area contributed by atoms with Gasteiger partial charge >= 0.3 is 6.03 Å². The van der Waals surface area contributed by atoms with E-state index in [-0.39, 0.29) is 42.2 Å². The van der Waals surface area contributed by atoms with Crippen LogP contribution in [0.25, 0.3) is 0 Å². The molecule has 2 N–H and O–H groups in total. The number of hydrogen-bond donors (Lipinski definition) is 2. The fraction of sp³-hybridized carbons (Fsp3) is 0.857. The molecule has 1 saturated heterocycles. The molecule has 0 aromatic rings. The SMILES string of the molecule is CN1C(=O)C2CC(S(=O)(=O)NC3(C)CC3)CCC2N(CC(=O)C2CCC(O)CC2)C1=O. The number of ketones is 1. The van der Waals surface area contributed by atoms with E-state index >= 15 is 0 Å².